The van der Waals surface area contributed by atoms with Gasteiger partial charge < -0.3 is 14.9 Å². The van der Waals surface area contributed by atoms with Crippen molar-refractivity contribution < 1.29 is 4.79 Å². The predicted molar refractivity (Wildman–Crippen MR) is 93.2 cm³/mol. The molecule has 4 rings (SSSR count). The number of amides is 1. The number of rotatable bonds is 2. The Bertz CT molecular complexity index is 933. The van der Waals surface area contributed by atoms with Gasteiger partial charge in [-0.05, 0) is 42.5 Å². The Morgan fingerprint density at radius 2 is 1.83 bits per heavy atom. The van der Waals surface area contributed by atoms with Crippen molar-refractivity contribution in [2.75, 3.05) is 13.1 Å². The number of nitrogens with zero attached hydrogens (tertiary/aromatic N) is 1. The van der Waals surface area contributed by atoms with Crippen LogP contribution in [0, 0.1) is 0 Å². The summed E-state index contributed by atoms with van der Waals surface area (Å²) in [4.78, 5) is 32.0. The molecule has 1 aliphatic rings. The van der Waals surface area contributed by atoms with Crippen LogP contribution >= 0.6 is 0 Å². The average molecular weight is 321 g/mol. The molecule has 0 unspecified atom stereocenters. The Labute approximate surface area is 139 Å². The number of carbonyl (C=O) groups excluding carboxylic acids is 1. The van der Waals surface area contributed by atoms with Gasteiger partial charge in [-0.25, -0.2) is 0 Å². The van der Waals surface area contributed by atoms with Gasteiger partial charge in [0.1, 0.15) is 5.56 Å². The van der Waals surface area contributed by atoms with Crippen molar-refractivity contribution in [2.45, 2.75) is 18.8 Å². The molecule has 1 amide bonds. The summed E-state index contributed by atoms with van der Waals surface area (Å²) in [6.07, 6.45) is 5.47. The fraction of sp³-hybridized carbons (Fsp3) is 0.263. The lowest BCUT2D eigenvalue weighted by atomic mass is 9.89. The number of likely N-dealkylation sites (tertiary alicyclic amines) is 1. The van der Waals surface area contributed by atoms with Gasteiger partial charge in [0.25, 0.3) is 11.5 Å². The van der Waals surface area contributed by atoms with E-state index in [4.69, 9.17) is 0 Å². The standard InChI is InChI=1S/C19H19N3O2/c23-18-15(5-3-9-20-18)19(24)22-10-7-13(8-11-22)16-12-21-17-6-2-1-4-14(16)17/h1-6,9,12-13,21H,7-8,10-11H2,(H,20,23). The number of hydrogen-bond acceptors (Lipinski definition) is 2. The molecule has 2 N–H and O–H groups in total. The lowest BCUT2D eigenvalue weighted by Gasteiger charge is -2.31. The van der Waals surface area contributed by atoms with Gasteiger partial charge in [-0.15, -0.1) is 0 Å². The molecular weight excluding hydrogens is 302 g/mol. The summed E-state index contributed by atoms with van der Waals surface area (Å²) in [6.45, 7) is 1.36. The number of aromatic nitrogens is 2. The van der Waals surface area contributed by atoms with Crippen molar-refractivity contribution >= 4 is 16.8 Å². The summed E-state index contributed by atoms with van der Waals surface area (Å²) in [5, 5.41) is 1.27. The van der Waals surface area contributed by atoms with Crippen LogP contribution in [0.4, 0.5) is 0 Å². The summed E-state index contributed by atoms with van der Waals surface area (Å²) in [5.41, 5.74) is 2.39. The van der Waals surface area contributed by atoms with Crippen molar-refractivity contribution in [3.63, 3.8) is 0 Å². The van der Waals surface area contributed by atoms with Crippen LogP contribution in [-0.2, 0) is 0 Å². The molecule has 1 aromatic carbocycles. The normalized spacial score (nSPS) is 15.8. The fourth-order valence-corrected chi connectivity index (χ4v) is 3.59. The summed E-state index contributed by atoms with van der Waals surface area (Å²) in [6, 6.07) is 11.6. The number of H-pyrrole nitrogens is 2. The highest BCUT2D eigenvalue weighted by atomic mass is 16.2. The number of para-hydroxylation sites is 1. The summed E-state index contributed by atoms with van der Waals surface area (Å²) >= 11 is 0. The number of pyridine rings is 1. The molecule has 1 saturated heterocycles. The van der Waals surface area contributed by atoms with E-state index >= 15 is 0 Å². The van der Waals surface area contributed by atoms with E-state index in [-0.39, 0.29) is 17.0 Å². The van der Waals surface area contributed by atoms with Crippen molar-refractivity contribution in [1.82, 2.24) is 14.9 Å². The van der Waals surface area contributed by atoms with Gasteiger partial charge in [-0.1, -0.05) is 18.2 Å². The number of piperidine rings is 1. The van der Waals surface area contributed by atoms with Crippen LogP contribution in [0.1, 0.15) is 34.7 Å². The number of nitrogens with one attached hydrogen (secondary N) is 2. The third-order valence-electron chi connectivity index (χ3n) is 4.89. The maximum atomic E-state index is 12.5. The van der Waals surface area contributed by atoms with Crippen LogP contribution in [-0.4, -0.2) is 33.9 Å². The SMILES string of the molecule is O=C(c1ccc[nH]c1=O)N1CCC(c2c[nH]c3ccccc23)CC1. The lowest BCUT2D eigenvalue weighted by Crippen LogP contribution is -2.40. The van der Waals surface area contributed by atoms with Gasteiger partial charge in [0.15, 0.2) is 0 Å². The average Bonchev–Trinajstić information content (AvgIpc) is 3.06. The molecule has 122 valence electrons. The molecule has 0 radical (unpaired) electrons. The van der Waals surface area contributed by atoms with Crippen LogP contribution in [0.15, 0.2) is 53.6 Å². The van der Waals surface area contributed by atoms with Gasteiger partial charge >= 0.3 is 0 Å². The highest BCUT2D eigenvalue weighted by Crippen LogP contribution is 2.33. The molecule has 3 heterocycles. The topological polar surface area (TPSA) is 69.0 Å². The molecule has 1 aliphatic heterocycles. The lowest BCUT2D eigenvalue weighted by molar-refractivity contribution is 0.0711. The zero-order valence-corrected chi connectivity index (χ0v) is 13.3. The van der Waals surface area contributed by atoms with E-state index in [0.717, 1.165) is 18.4 Å². The van der Waals surface area contributed by atoms with Gasteiger partial charge in [-0.3, -0.25) is 9.59 Å². The minimum absolute atomic E-state index is 0.172. The highest BCUT2D eigenvalue weighted by molar-refractivity contribution is 5.93. The van der Waals surface area contributed by atoms with Gasteiger partial charge in [0.2, 0.25) is 0 Å². The quantitative estimate of drug-likeness (QED) is 0.762. The molecular formula is C19H19N3O2. The second-order valence-corrected chi connectivity index (χ2v) is 6.27. The summed E-state index contributed by atoms with van der Waals surface area (Å²) in [7, 11) is 0. The highest BCUT2D eigenvalue weighted by Gasteiger charge is 2.26. The van der Waals surface area contributed by atoms with Gasteiger partial charge in [0, 0.05) is 36.4 Å². The molecule has 24 heavy (non-hydrogen) atoms. The molecule has 1 fully saturated rings. The first kappa shape index (κ1) is 14.8. The smallest absolute Gasteiger partial charge is 0.260 e. The van der Waals surface area contributed by atoms with Crippen molar-refractivity contribution in [1.29, 1.82) is 0 Å². The van der Waals surface area contributed by atoms with Crippen molar-refractivity contribution in [3.05, 3.63) is 70.3 Å². The first-order valence-corrected chi connectivity index (χ1v) is 8.27. The number of carbonyl (C=O) groups is 1. The van der Waals surface area contributed by atoms with Crippen LogP contribution in [0.5, 0.6) is 0 Å². The number of aromatic amines is 2. The van der Waals surface area contributed by atoms with Crippen LogP contribution in [0.25, 0.3) is 10.9 Å². The molecule has 2 aromatic heterocycles. The van der Waals surface area contributed by atoms with Crippen LogP contribution < -0.4 is 5.56 Å². The predicted octanol–water partition coefficient (Wildman–Crippen LogP) is 2.88. The Kier molecular flexibility index (Phi) is 3.69. The molecule has 5 nitrogen and oxygen atoms in total. The Balaban J connectivity index is 1.50. The minimum Gasteiger partial charge on any atom is -0.361 e. The Morgan fingerprint density at radius 3 is 2.62 bits per heavy atom. The number of hydrogen-bond donors (Lipinski definition) is 2. The first-order chi connectivity index (χ1) is 11.7. The van der Waals surface area contributed by atoms with Crippen molar-refractivity contribution in [2.24, 2.45) is 0 Å². The maximum absolute atomic E-state index is 12.5. The fourth-order valence-electron chi connectivity index (χ4n) is 3.59. The Hall–Kier alpha value is -2.82. The van der Waals surface area contributed by atoms with E-state index in [1.54, 1.807) is 23.2 Å². The molecule has 0 saturated carbocycles. The number of benzene rings is 1. The second-order valence-electron chi connectivity index (χ2n) is 6.27. The zero-order chi connectivity index (χ0) is 16.5. The van der Waals surface area contributed by atoms with E-state index in [2.05, 4.69) is 34.4 Å². The molecule has 5 heteroatoms. The monoisotopic (exact) mass is 321 g/mol. The van der Waals surface area contributed by atoms with Gasteiger partial charge in [0.05, 0.1) is 0 Å². The second kappa shape index (κ2) is 6.00. The zero-order valence-electron chi connectivity index (χ0n) is 13.3. The summed E-state index contributed by atoms with van der Waals surface area (Å²) in [5.74, 6) is 0.272. The molecule has 0 bridgehead atoms. The Morgan fingerprint density at radius 1 is 1.04 bits per heavy atom. The minimum atomic E-state index is -0.318. The van der Waals surface area contributed by atoms with E-state index < -0.39 is 0 Å². The van der Waals surface area contributed by atoms with Crippen LogP contribution in [0.3, 0.4) is 0 Å². The van der Waals surface area contributed by atoms with E-state index in [0.29, 0.717) is 19.0 Å². The molecule has 3 aromatic rings. The number of fused-ring (bicyclic) bond motifs is 1. The van der Waals surface area contributed by atoms with Gasteiger partial charge in [-0.2, -0.15) is 0 Å². The van der Waals surface area contributed by atoms with E-state index in [1.165, 1.54) is 10.9 Å². The van der Waals surface area contributed by atoms with E-state index in [9.17, 15) is 9.59 Å². The first-order valence-electron chi connectivity index (χ1n) is 8.27. The third kappa shape index (κ3) is 2.52. The third-order valence-corrected chi connectivity index (χ3v) is 4.89. The molecule has 0 spiro atoms. The van der Waals surface area contributed by atoms with Crippen LogP contribution in [0.2, 0.25) is 0 Å². The molecule has 0 aliphatic carbocycles. The van der Waals surface area contributed by atoms with E-state index in [1.807, 2.05) is 6.07 Å². The maximum Gasteiger partial charge on any atom is 0.260 e. The molecule has 0 atom stereocenters. The summed E-state index contributed by atoms with van der Waals surface area (Å²) < 4.78 is 0. The largest absolute Gasteiger partial charge is 0.361 e. The van der Waals surface area contributed by atoms with Crippen molar-refractivity contribution in [3.8, 4) is 0 Å².